The van der Waals surface area contributed by atoms with Crippen molar-refractivity contribution in [1.82, 2.24) is 0 Å². The van der Waals surface area contributed by atoms with Gasteiger partial charge in [0.05, 0.1) is 0 Å². The Bertz CT molecular complexity index is 3630. The van der Waals surface area contributed by atoms with E-state index in [0.717, 1.165) is 100 Å². The van der Waals surface area contributed by atoms with E-state index in [1.165, 1.54) is 0 Å². The first kappa shape index (κ1) is 87.1. The minimum Gasteiger partial charge on any atom is -0.736 e. The van der Waals surface area contributed by atoms with Gasteiger partial charge in [0.25, 0.3) is 0 Å². The molecule has 3 aliphatic rings. The zero-order valence-corrected chi connectivity index (χ0v) is 73.7. The average Bonchev–Trinajstić information content (AvgIpc) is 0.754. The molecule has 16 heteroatoms. The summed E-state index contributed by atoms with van der Waals surface area (Å²) in [6.07, 6.45) is 1.60. The summed E-state index contributed by atoms with van der Waals surface area (Å²) in [6.45, 7) is 76.6. The zero-order valence-electron chi connectivity index (χ0n) is 69.9. The molecule has 103 heavy (non-hydrogen) atoms. The van der Waals surface area contributed by atoms with E-state index in [0.29, 0.717) is 53.8 Å². The maximum absolute atomic E-state index is 13.3. The van der Waals surface area contributed by atoms with Crippen molar-refractivity contribution in [3.8, 4) is 34.5 Å². The average molecular weight is 1480 g/mol. The van der Waals surface area contributed by atoms with Crippen LogP contribution in [0.4, 0.5) is 0 Å². The fraction of sp³-hybridized carbons (Fsp3) is 0.586. The standard InChI is InChI=1S/3C29H43O4P.Al/c3*1-26(2,3)20-14-18-13-19-15-21(27(4,5)6)17-23(29(10,11)12)25(19)33-34(30,31)32-24(18)22(16-20)28(7,8)9;/h3*14-17H,13H2,1-12H3,(H,30,31);/q;;;+3/p-3. The molecular formula is C87H126AlO12P3. The van der Waals surface area contributed by atoms with Gasteiger partial charge in [0, 0.05) is 52.6 Å². The van der Waals surface area contributed by atoms with Gasteiger partial charge in [0.1, 0.15) is 34.5 Å². The summed E-state index contributed by atoms with van der Waals surface area (Å²) in [7, 11) is -14.0. The molecule has 564 valence electrons. The third-order valence-electron chi connectivity index (χ3n) is 19.4. The van der Waals surface area contributed by atoms with Gasteiger partial charge in [0.15, 0.2) is 0 Å². The van der Waals surface area contributed by atoms with Gasteiger partial charge in [-0.05, 0) is 132 Å². The fourth-order valence-electron chi connectivity index (χ4n) is 12.9. The van der Waals surface area contributed by atoms with Crippen molar-refractivity contribution in [2.24, 2.45) is 0 Å². The van der Waals surface area contributed by atoms with Crippen LogP contribution < -0.4 is 41.8 Å². The second kappa shape index (κ2) is 28.3. The first-order valence-corrected chi connectivity index (χ1v) is 40.8. The van der Waals surface area contributed by atoms with Crippen LogP contribution in [0.3, 0.4) is 0 Å². The van der Waals surface area contributed by atoms with Gasteiger partial charge in [-0.1, -0.05) is 322 Å². The van der Waals surface area contributed by atoms with E-state index in [9.17, 15) is 28.4 Å². The Morgan fingerprint density at radius 3 is 0.408 bits per heavy atom. The van der Waals surface area contributed by atoms with Gasteiger partial charge < -0.3 is 41.8 Å². The van der Waals surface area contributed by atoms with Crippen molar-refractivity contribution in [2.45, 2.75) is 333 Å². The minimum atomic E-state index is -4.68. The molecule has 0 aromatic heterocycles. The molecule has 3 aliphatic heterocycles. The van der Waals surface area contributed by atoms with Crippen LogP contribution in [0.15, 0.2) is 72.8 Å². The number of phosphoric acid groups is 3. The van der Waals surface area contributed by atoms with Gasteiger partial charge in [-0.2, -0.15) is 0 Å². The third kappa shape index (κ3) is 20.9. The van der Waals surface area contributed by atoms with Crippen LogP contribution in [0.2, 0.25) is 0 Å². The first-order chi connectivity index (χ1) is 45.3. The van der Waals surface area contributed by atoms with Crippen molar-refractivity contribution in [3.63, 3.8) is 0 Å². The molecule has 6 aromatic rings. The topological polar surface area (TPSA) is 176 Å². The largest absolute Gasteiger partial charge is 3.00 e. The summed E-state index contributed by atoms with van der Waals surface area (Å²) >= 11 is 0. The molecule has 12 nitrogen and oxygen atoms in total. The third-order valence-corrected chi connectivity index (χ3v) is 21.8. The van der Waals surface area contributed by atoms with Crippen LogP contribution >= 0.6 is 23.5 Å². The Kier molecular flexibility index (Phi) is 24.0. The zero-order chi connectivity index (χ0) is 78.2. The minimum absolute atomic E-state index is 0. The Morgan fingerprint density at radius 1 is 0.214 bits per heavy atom. The van der Waals surface area contributed by atoms with Gasteiger partial charge in [-0.25, -0.2) is 13.7 Å². The summed E-state index contributed by atoms with van der Waals surface area (Å²) in [6, 6.07) is 25.2. The van der Waals surface area contributed by atoms with E-state index >= 15 is 0 Å². The van der Waals surface area contributed by atoms with Crippen LogP contribution in [0.5, 0.6) is 34.5 Å². The quantitative estimate of drug-likeness (QED) is 0.104. The van der Waals surface area contributed by atoms with E-state index in [4.69, 9.17) is 27.1 Å². The molecule has 6 aromatic carbocycles. The van der Waals surface area contributed by atoms with E-state index in [2.05, 4.69) is 322 Å². The molecule has 0 fully saturated rings. The smallest absolute Gasteiger partial charge is 0.736 e. The molecule has 0 amide bonds. The van der Waals surface area contributed by atoms with Crippen LogP contribution in [0, 0.1) is 0 Å². The Labute approximate surface area is 633 Å². The van der Waals surface area contributed by atoms with Gasteiger partial charge >= 0.3 is 40.8 Å². The number of fused-ring (bicyclic) bond motifs is 6. The van der Waals surface area contributed by atoms with Crippen molar-refractivity contribution >= 4 is 40.8 Å². The molecule has 0 atom stereocenters. The molecule has 0 radical (unpaired) electrons. The maximum atomic E-state index is 13.3. The molecule has 3 heterocycles. The Balaban J connectivity index is 0.000000241. The molecule has 0 spiro atoms. The van der Waals surface area contributed by atoms with Gasteiger partial charge in [-0.3, -0.25) is 0 Å². The number of phosphoric ester groups is 3. The summed E-state index contributed by atoms with van der Waals surface area (Å²) in [5.41, 5.74) is 15.1. The molecule has 0 unspecified atom stereocenters. The molecule has 0 bridgehead atoms. The number of rotatable bonds is 0. The molecule has 9 rings (SSSR count). The SMILES string of the molecule is CC(C)(C)c1cc2c(c(C(C)(C)C)c1)OP(=O)([O-])Oc1c(cc(C(C)(C)C)cc1C(C)(C)C)C2.CC(C)(C)c1cc2c(c(C(C)(C)C)c1)OP(=O)([O-])Oc1c(cc(C(C)(C)C)cc1C(C)(C)C)C2.CC(C)(C)c1cc2c(c(C(C)(C)C)c1)OP(=O)([O-])Oc1c(cc(C(C)(C)C)cc1C(C)(C)C)C2.[Al+3]. The predicted molar refractivity (Wildman–Crippen MR) is 424 cm³/mol. The van der Waals surface area contributed by atoms with E-state index in [1.807, 2.05) is 0 Å². The van der Waals surface area contributed by atoms with Crippen LogP contribution in [-0.4, -0.2) is 17.4 Å². The molecule has 0 aliphatic carbocycles. The normalized spacial score (nSPS) is 16.3. The molecule has 0 saturated carbocycles. The van der Waals surface area contributed by atoms with Crippen molar-refractivity contribution < 1.29 is 55.5 Å². The summed E-state index contributed by atoms with van der Waals surface area (Å²) in [5.74, 6) is 2.43. The van der Waals surface area contributed by atoms with Gasteiger partial charge in [0.2, 0.25) is 0 Å². The second-order valence-corrected chi connectivity index (χ2v) is 45.3. The number of hydrogen-bond acceptors (Lipinski definition) is 12. The van der Waals surface area contributed by atoms with E-state index in [-0.39, 0.29) is 82.3 Å². The van der Waals surface area contributed by atoms with Crippen LogP contribution in [-0.2, 0) is 97.9 Å². The Hall–Kier alpha value is -4.78. The van der Waals surface area contributed by atoms with Crippen LogP contribution in [0.25, 0.3) is 0 Å². The van der Waals surface area contributed by atoms with Crippen molar-refractivity contribution in [3.05, 3.63) is 173 Å². The first-order valence-electron chi connectivity index (χ1n) is 36.5. The van der Waals surface area contributed by atoms with Gasteiger partial charge in [-0.15, -0.1) is 0 Å². The number of benzene rings is 6. The second-order valence-electron chi connectivity index (χ2n) is 41.5. The Morgan fingerprint density at radius 2 is 0.320 bits per heavy atom. The summed E-state index contributed by atoms with van der Waals surface area (Å²) in [4.78, 5) is 39.8. The monoisotopic (exact) mass is 1480 g/mol. The summed E-state index contributed by atoms with van der Waals surface area (Å²) < 4.78 is 74.3. The van der Waals surface area contributed by atoms with E-state index < -0.39 is 23.5 Å². The molecular weight excluding hydrogens is 1360 g/mol. The molecule has 0 N–H and O–H groups in total. The van der Waals surface area contributed by atoms with E-state index in [1.54, 1.807) is 0 Å². The van der Waals surface area contributed by atoms with Crippen molar-refractivity contribution in [2.75, 3.05) is 0 Å². The maximum Gasteiger partial charge on any atom is 3.00 e. The summed E-state index contributed by atoms with van der Waals surface area (Å²) in [5, 5.41) is 0. The predicted octanol–water partition coefficient (Wildman–Crippen LogP) is 22.7. The van der Waals surface area contributed by atoms with Crippen LogP contribution in [0.1, 0.15) is 349 Å². The van der Waals surface area contributed by atoms with Crippen molar-refractivity contribution in [1.29, 1.82) is 0 Å². The molecule has 0 saturated heterocycles. The number of hydrogen-bond donors (Lipinski definition) is 0. The fourth-order valence-corrected chi connectivity index (χ4v) is 15.6.